The van der Waals surface area contributed by atoms with E-state index in [4.69, 9.17) is 33.5 Å². The number of carboxylic acid groups (broad SMARTS) is 1. The molecule has 0 atom stereocenters. The Kier molecular flexibility index (Phi) is 16.1. The number of esters is 1. The summed E-state index contributed by atoms with van der Waals surface area (Å²) in [6.07, 6.45) is 0.971. The van der Waals surface area contributed by atoms with E-state index in [1.54, 1.807) is 0 Å². The minimum Gasteiger partial charge on any atom is -0.480 e. The Balaban J connectivity index is 3.15. The minimum atomic E-state index is -0.996. The van der Waals surface area contributed by atoms with Gasteiger partial charge < -0.3 is 33.5 Å². The van der Waals surface area contributed by atoms with E-state index >= 15 is 0 Å². The van der Waals surface area contributed by atoms with Gasteiger partial charge in [0.1, 0.15) is 12.2 Å². The highest BCUT2D eigenvalue weighted by atomic mass is 16.6. The molecule has 0 saturated carbocycles. The molecule has 0 saturated heterocycles. The molecule has 1 N–H and O–H groups in total. The Labute approximate surface area is 161 Å². The molecule has 0 heterocycles. The van der Waals surface area contributed by atoms with Crippen molar-refractivity contribution in [3.05, 3.63) is 0 Å². The SMILES string of the molecule is CC(C)(C)OC(=O)CCCOCCOCCOCCOCCOCC(=O)O. The van der Waals surface area contributed by atoms with Crippen LogP contribution >= 0.6 is 0 Å². The Morgan fingerprint density at radius 1 is 0.704 bits per heavy atom. The number of carbonyl (C=O) groups excluding carboxylic acids is 1. The van der Waals surface area contributed by atoms with E-state index < -0.39 is 11.6 Å². The second kappa shape index (κ2) is 16.9. The number of rotatable bonds is 18. The predicted molar refractivity (Wildman–Crippen MR) is 96.8 cm³/mol. The molecular weight excluding hydrogens is 360 g/mol. The van der Waals surface area contributed by atoms with E-state index in [0.29, 0.717) is 65.7 Å². The third-order valence-corrected chi connectivity index (χ3v) is 2.80. The first-order valence-corrected chi connectivity index (χ1v) is 9.13. The van der Waals surface area contributed by atoms with Gasteiger partial charge in [-0.15, -0.1) is 0 Å². The van der Waals surface area contributed by atoms with Gasteiger partial charge in [-0.05, 0) is 27.2 Å². The number of aliphatic carboxylic acids is 1. The van der Waals surface area contributed by atoms with Crippen LogP contribution in [0.15, 0.2) is 0 Å². The fraction of sp³-hybridized carbons (Fsp3) is 0.889. The van der Waals surface area contributed by atoms with Crippen LogP contribution in [0.3, 0.4) is 0 Å². The zero-order chi connectivity index (χ0) is 20.4. The van der Waals surface area contributed by atoms with Crippen molar-refractivity contribution < 1.29 is 43.1 Å². The number of hydrogen-bond donors (Lipinski definition) is 1. The quantitative estimate of drug-likeness (QED) is 0.271. The lowest BCUT2D eigenvalue weighted by atomic mass is 10.2. The lowest BCUT2D eigenvalue weighted by Crippen LogP contribution is -2.23. The van der Waals surface area contributed by atoms with Crippen LogP contribution in [0, 0.1) is 0 Å². The molecule has 0 aliphatic rings. The van der Waals surface area contributed by atoms with Gasteiger partial charge in [0.25, 0.3) is 0 Å². The molecule has 0 aromatic rings. The summed E-state index contributed by atoms with van der Waals surface area (Å²) in [6.45, 7) is 8.98. The van der Waals surface area contributed by atoms with Crippen molar-refractivity contribution >= 4 is 11.9 Å². The van der Waals surface area contributed by atoms with Gasteiger partial charge in [0.15, 0.2) is 0 Å². The van der Waals surface area contributed by atoms with E-state index in [0.717, 1.165) is 0 Å². The van der Waals surface area contributed by atoms with Gasteiger partial charge >= 0.3 is 11.9 Å². The van der Waals surface area contributed by atoms with Crippen molar-refractivity contribution in [2.24, 2.45) is 0 Å². The number of ether oxygens (including phenoxy) is 6. The molecule has 9 nitrogen and oxygen atoms in total. The van der Waals surface area contributed by atoms with Gasteiger partial charge in [-0.1, -0.05) is 0 Å². The van der Waals surface area contributed by atoms with E-state index in [2.05, 4.69) is 0 Å². The summed E-state index contributed by atoms with van der Waals surface area (Å²) >= 11 is 0. The van der Waals surface area contributed by atoms with Gasteiger partial charge in [0, 0.05) is 13.0 Å². The molecule has 0 aliphatic heterocycles. The van der Waals surface area contributed by atoms with Gasteiger partial charge in [0.2, 0.25) is 0 Å². The second-order valence-electron chi connectivity index (χ2n) is 6.59. The summed E-state index contributed by atoms with van der Waals surface area (Å²) in [5.41, 5.74) is -0.448. The summed E-state index contributed by atoms with van der Waals surface area (Å²) in [5.74, 6) is -1.21. The Morgan fingerprint density at radius 2 is 1.11 bits per heavy atom. The maximum absolute atomic E-state index is 11.5. The Morgan fingerprint density at radius 3 is 1.52 bits per heavy atom. The summed E-state index contributed by atoms with van der Waals surface area (Å²) < 4.78 is 31.3. The average molecular weight is 394 g/mol. The summed E-state index contributed by atoms with van der Waals surface area (Å²) in [4.78, 5) is 21.7. The highest BCUT2D eigenvalue weighted by molar-refractivity contribution is 5.69. The number of carboxylic acids is 1. The summed E-state index contributed by atoms with van der Waals surface area (Å²) in [5, 5.41) is 8.36. The third kappa shape index (κ3) is 22.7. The monoisotopic (exact) mass is 394 g/mol. The average Bonchev–Trinajstić information content (AvgIpc) is 2.55. The van der Waals surface area contributed by atoms with Crippen molar-refractivity contribution in [2.75, 3.05) is 66.1 Å². The van der Waals surface area contributed by atoms with Crippen LogP contribution < -0.4 is 0 Å². The lowest BCUT2D eigenvalue weighted by Gasteiger charge is -2.19. The maximum Gasteiger partial charge on any atom is 0.329 e. The molecule has 0 aliphatic carbocycles. The maximum atomic E-state index is 11.5. The van der Waals surface area contributed by atoms with Crippen LogP contribution in [-0.4, -0.2) is 88.7 Å². The van der Waals surface area contributed by atoms with Crippen LogP contribution in [0.4, 0.5) is 0 Å². The standard InChI is InChI=1S/C18H34O9/c1-18(2,3)27-17(21)5-4-6-22-7-8-23-9-10-24-11-12-25-13-14-26-15-16(19)20/h4-15H2,1-3H3,(H,19,20). The zero-order valence-corrected chi connectivity index (χ0v) is 16.7. The molecule has 0 aromatic heterocycles. The first-order chi connectivity index (χ1) is 12.8. The third-order valence-electron chi connectivity index (χ3n) is 2.80. The molecular formula is C18H34O9. The lowest BCUT2D eigenvalue weighted by molar-refractivity contribution is -0.155. The van der Waals surface area contributed by atoms with Crippen LogP contribution in [0.2, 0.25) is 0 Å². The molecule has 160 valence electrons. The number of carbonyl (C=O) groups is 2. The Hall–Kier alpha value is -1.26. The van der Waals surface area contributed by atoms with Crippen LogP contribution in [0.25, 0.3) is 0 Å². The van der Waals surface area contributed by atoms with Crippen molar-refractivity contribution in [1.29, 1.82) is 0 Å². The molecule has 0 unspecified atom stereocenters. The second-order valence-corrected chi connectivity index (χ2v) is 6.59. The van der Waals surface area contributed by atoms with Crippen molar-refractivity contribution in [2.45, 2.75) is 39.2 Å². The normalized spacial score (nSPS) is 11.5. The topological polar surface area (TPSA) is 110 Å². The van der Waals surface area contributed by atoms with E-state index in [-0.39, 0.29) is 19.2 Å². The number of hydrogen-bond acceptors (Lipinski definition) is 8. The molecule has 0 amide bonds. The smallest absolute Gasteiger partial charge is 0.329 e. The molecule has 0 fully saturated rings. The largest absolute Gasteiger partial charge is 0.480 e. The van der Waals surface area contributed by atoms with Crippen molar-refractivity contribution in [3.63, 3.8) is 0 Å². The van der Waals surface area contributed by atoms with Gasteiger partial charge in [-0.3, -0.25) is 4.79 Å². The first-order valence-electron chi connectivity index (χ1n) is 9.13. The van der Waals surface area contributed by atoms with Crippen molar-refractivity contribution in [3.8, 4) is 0 Å². The minimum absolute atomic E-state index is 0.212. The van der Waals surface area contributed by atoms with Crippen LogP contribution in [0.1, 0.15) is 33.6 Å². The molecule has 27 heavy (non-hydrogen) atoms. The highest BCUT2D eigenvalue weighted by Gasteiger charge is 2.15. The van der Waals surface area contributed by atoms with E-state index in [9.17, 15) is 9.59 Å². The van der Waals surface area contributed by atoms with Crippen molar-refractivity contribution in [1.82, 2.24) is 0 Å². The molecule has 9 heteroatoms. The van der Waals surface area contributed by atoms with Crippen LogP contribution in [-0.2, 0) is 38.0 Å². The molecule has 0 spiro atoms. The van der Waals surface area contributed by atoms with Gasteiger partial charge in [0.05, 0.1) is 52.9 Å². The van der Waals surface area contributed by atoms with Crippen LogP contribution in [0.5, 0.6) is 0 Å². The molecule has 0 radical (unpaired) electrons. The molecule has 0 rings (SSSR count). The molecule has 0 aromatic carbocycles. The zero-order valence-electron chi connectivity index (χ0n) is 16.7. The fourth-order valence-corrected chi connectivity index (χ4v) is 1.75. The highest BCUT2D eigenvalue weighted by Crippen LogP contribution is 2.08. The first kappa shape index (κ1) is 25.7. The van der Waals surface area contributed by atoms with Gasteiger partial charge in [-0.2, -0.15) is 0 Å². The Bertz CT molecular complexity index is 380. The fourth-order valence-electron chi connectivity index (χ4n) is 1.75. The summed E-state index contributed by atoms with van der Waals surface area (Å²) in [7, 11) is 0. The summed E-state index contributed by atoms with van der Waals surface area (Å²) in [6, 6.07) is 0. The van der Waals surface area contributed by atoms with E-state index in [1.807, 2.05) is 20.8 Å². The van der Waals surface area contributed by atoms with Gasteiger partial charge in [-0.25, -0.2) is 4.79 Å². The van der Waals surface area contributed by atoms with E-state index in [1.165, 1.54) is 0 Å². The molecule has 0 bridgehead atoms. The predicted octanol–water partition coefficient (Wildman–Crippen LogP) is 1.28.